The van der Waals surface area contributed by atoms with Crippen LogP contribution in [-0.2, 0) is 10.0 Å². The quantitative estimate of drug-likeness (QED) is 0.855. The highest BCUT2D eigenvalue weighted by molar-refractivity contribution is 7.89. The predicted molar refractivity (Wildman–Crippen MR) is 98.1 cm³/mol. The van der Waals surface area contributed by atoms with E-state index in [2.05, 4.69) is 4.98 Å². The summed E-state index contributed by atoms with van der Waals surface area (Å²) in [5.41, 5.74) is 0.908. The number of rotatable bonds is 3. The van der Waals surface area contributed by atoms with E-state index < -0.39 is 15.8 Å². The zero-order valence-electron chi connectivity index (χ0n) is 13.5. The predicted octanol–water partition coefficient (Wildman–Crippen LogP) is 2.91. The van der Waals surface area contributed by atoms with Gasteiger partial charge in [-0.2, -0.15) is 4.31 Å². The number of phenolic OH excluding ortho intramolecular Hbond substituents is 1. The van der Waals surface area contributed by atoms with Crippen LogP contribution in [0.1, 0.15) is 5.69 Å². The number of halogens is 2. The van der Waals surface area contributed by atoms with Crippen molar-refractivity contribution in [2.75, 3.05) is 31.1 Å². The average molecular weight is 402 g/mol. The van der Waals surface area contributed by atoms with E-state index in [9.17, 15) is 13.5 Å². The highest BCUT2D eigenvalue weighted by Crippen LogP contribution is 2.36. The molecule has 1 aliphatic rings. The van der Waals surface area contributed by atoms with Crippen LogP contribution in [0.4, 0.5) is 5.82 Å². The molecule has 3 rings (SSSR count). The van der Waals surface area contributed by atoms with Gasteiger partial charge in [0.05, 0.1) is 5.02 Å². The molecule has 25 heavy (non-hydrogen) atoms. The minimum absolute atomic E-state index is 0.0892. The molecule has 1 N–H and O–H groups in total. The van der Waals surface area contributed by atoms with E-state index in [1.165, 1.54) is 16.4 Å². The Morgan fingerprint density at radius 3 is 2.44 bits per heavy atom. The molecule has 134 valence electrons. The van der Waals surface area contributed by atoms with E-state index >= 15 is 0 Å². The largest absolute Gasteiger partial charge is 0.505 e. The van der Waals surface area contributed by atoms with Crippen LogP contribution in [0.3, 0.4) is 0 Å². The summed E-state index contributed by atoms with van der Waals surface area (Å²) in [5.74, 6) is 0.347. The summed E-state index contributed by atoms with van der Waals surface area (Å²) in [6, 6.07) is 8.26. The number of hydrogen-bond donors (Lipinski definition) is 1. The van der Waals surface area contributed by atoms with Crippen LogP contribution in [0.25, 0.3) is 0 Å². The Bertz CT molecular complexity index is 897. The van der Waals surface area contributed by atoms with Crippen LogP contribution in [0.5, 0.6) is 5.75 Å². The minimum Gasteiger partial charge on any atom is -0.505 e. The lowest BCUT2D eigenvalue weighted by atomic mass is 10.3. The molecule has 0 radical (unpaired) electrons. The first kappa shape index (κ1) is 18.3. The number of piperazine rings is 1. The lowest BCUT2D eigenvalue weighted by Gasteiger charge is -2.34. The average Bonchev–Trinajstić information content (AvgIpc) is 2.58. The second kappa shape index (κ2) is 6.99. The van der Waals surface area contributed by atoms with Crippen LogP contribution in [0, 0.1) is 6.92 Å². The number of anilines is 1. The summed E-state index contributed by atoms with van der Waals surface area (Å²) in [4.78, 5) is 6.22. The van der Waals surface area contributed by atoms with Gasteiger partial charge in [0, 0.05) is 36.9 Å². The molecule has 0 unspecified atom stereocenters. The Labute approximate surface area is 156 Å². The first-order valence-corrected chi connectivity index (χ1v) is 9.85. The number of sulfonamides is 1. The van der Waals surface area contributed by atoms with Gasteiger partial charge < -0.3 is 10.0 Å². The number of aromatic hydroxyl groups is 1. The molecule has 2 aromatic rings. The summed E-state index contributed by atoms with van der Waals surface area (Å²) >= 11 is 11.7. The summed E-state index contributed by atoms with van der Waals surface area (Å²) in [6.07, 6.45) is 0. The highest BCUT2D eigenvalue weighted by Gasteiger charge is 2.32. The van der Waals surface area contributed by atoms with Crippen molar-refractivity contribution in [2.24, 2.45) is 0 Å². The summed E-state index contributed by atoms with van der Waals surface area (Å²) in [6.45, 7) is 3.48. The fourth-order valence-electron chi connectivity index (χ4n) is 2.74. The van der Waals surface area contributed by atoms with Crippen molar-refractivity contribution < 1.29 is 13.5 Å². The van der Waals surface area contributed by atoms with E-state index in [0.717, 1.165) is 11.5 Å². The molecular weight excluding hydrogens is 385 g/mol. The second-order valence-electron chi connectivity index (χ2n) is 5.76. The zero-order chi connectivity index (χ0) is 18.2. The van der Waals surface area contributed by atoms with Gasteiger partial charge in [-0.15, -0.1) is 0 Å². The number of nitrogens with zero attached hydrogens (tertiary/aromatic N) is 3. The lowest BCUT2D eigenvalue weighted by Crippen LogP contribution is -2.49. The molecule has 1 fully saturated rings. The smallest absolute Gasteiger partial charge is 0.246 e. The molecule has 0 atom stereocenters. The van der Waals surface area contributed by atoms with Crippen LogP contribution in [0.15, 0.2) is 35.2 Å². The molecule has 1 saturated heterocycles. The van der Waals surface area contributed by atoms with Crippen molar-refractivity contribution in [2.45, 2.75) is 11.8 Å². The first-order chi connectivity index (χ1) is 11.8. The molecule has 0 saturated carbocycles. The maximum absolute atomic E-state index is 12.8. The fraction of sp³-hybridized carbons (Fsp3) is 0.312. The van der Waals surface area contributed by atoms with Crippen molar-refractivity contribution >= 4 is 39.0 Å². The normalized spacial score (nSPS) is 16.2. The van der Waals surface area contributed by atoms with Gasteiger partial charge in [0.15, 0.2) is 5.75 Å². The van der Waals surface area contributed by atoms with E-state index in [-0.39, 0.29) is 28.0 Å². The monoisotopic (exact) mass is 401 g/mol. The van der Waals surface area contributed by atoms with Gasteiger partial charge in [-0.1, -0.05) is 29.3 Å². The van der Waals surface area contributed by atoms with Crippen molar-refractivity contribution in [1.29, 1.82) is 0 Å². The Morgan fingerprint density at radius 2 is 1.80 bits per heavy atom. The number of aryl methyl sites for hydroxylation is 1. The minimum atomic E-state index is -3.88. The maximum atomic E-state index is 12.8. The molecule has 1 aliphatic heterocycles. The van der Waals surface area contributed by atoms with E-state index in [1.807, 2.05) is 30.0 Å². The van der Waals surface area contributed by atoms with Gasteiger partial charge >= 0.3 is 0 Å². The van der Waals surface area contributed by atoms with Gasteiger partial charge in [0.25, 0.3) is 0 Å². The molecule has 1 aromatic carbocycles. The Hall–Kier alpha value is -1.54. The van der Waals surface area contributed by atoms with Crippen LogP contribution in [-0.4, -0.2) is 49.0 Å². The third-order valence-electron chi connectivity index (χ3n) is 4.05. The molecule has 0 aliphatic carbocycles. The van der Waals surface area contributed by atoms with E-state index in [1.54, 1.807) is 0 Å². The molecule has 6 nitrogen and oxygen atoms in total. The SMILES string of the molecule is Cc1cccc(N2CCN(S(=O)(=O)c3cc(Cl)cc(Cl)c3O)CC2)n1. The standard InChI is InChI=1S/C16H17Cl2N3O3S/c1-11-3-2-4-15(19-11)20-5-7-21(8-6-20)25(23,24)14-10-12(17)9-13(18)16(14)22/h2-4,9-10,22H,5-8H2,1H3. The number of hydrogen-bond acceptors (Lipinski definition) is 5. The number of aromatic nitrogens is 1. The molecule has 0 spiro atoms. The van der Waals surface area contributed by atoms with Crippen LogP contribution in [0.2, 0.25) is 10.0 Å². The number of pyridine rings is 1. The number of phenols is 1. The van der Waals surface area contributed by atoms with Gasteiger partial charge in [-0.25, -0.2) is 13.4 Å². The van der Waals surface area contributed by atoms with Crippen LogP contribution >= 0.6 is 23.2 Å². The summed E-state index contributed by atoms with van der Waals surface area (Å²) < 4.78 is 27.0. The van der Waals surface area contributed by atoms with Crippen LogP contribution < -0.4 is 4.90 Å². The lowest BCUT2D eigenvalue weighted by molar-refractivity contribution is 0.379. The molecule has 0 amide bonds. The second-order valence-corrected chi connectivity index (χ2v) is 8.51. The highest BCUT2D eigenvalue weighted by atomic mass is 35.5. The first-order valence-electron chi connectivity index (χ1n) is 7.66. The van der Waals surface area contributed by atoms with E-state index in [4.69, 9.17) is 23.2 Å². The third kappa shape index (κ3) is 3.69. The van der Waals surface area contributed by atoms with Crippen molar-refractivity contribution in [1.82, 2.24) is 9.29 Å². The van der Waals surface area contributed by atoms with Gasteiger partial charge in [0.2, 0.25) is 10.0 Å². The zero-order valence-corrected chi connectivity index (χ0v) is 15.8. The summed E-state index contributed by atoms with van der Waals surface area (Å²) in [5, 5.41) is 10.1. The van der Waals surface area contributed by atoms with Crippen molar-refractivity contribution in [3.8, 4) is 5.75 Å². The van der Waals surface area contributed by atoms with Crippen molar-refractivity contribution in [3.05, 3.63) is 46.1 Å². The molecular formula is C16H17Cl2N3O3S. The Balaban J connectivity index is 1.80. The Morgan fingerprint density at radius 1 is 1.12 bits per heavy atom. The molecule has 0 bridgehead atoms. The maximum Gasteiger partial charge on any atom is 0.246 e. The van der Waals surface area contributed by atoms with Crippen molar-refractivity contribution in [3.63, 3.8) is 0 Å². The van der Waals surface area contributed by atoms with E-state index in [0.29, 0.717) is 13.1 Å². The Kier molecular flexibility index (Phi) is 5.11. The van der Waals surface area contributed by atoms with Gasteiger partial charge in [0.1, 0.15) is 10.7 Å². The summed E-state index contributed by atoms with van der Waals surface area (Å²) in [7, 11) is -3.88. The fourth-order valence-corrected chi connectivity index (χ4v) is 4.91. The molecule has 2 heterocycles. The number of benzene rings is 1. The van der Waals surface area contributed by atoms with Gasteiger partial charge in [-0.3, -0.25) is 0 Å². The molecule has 9 heteroatoms. The third-order valence-corrected chi connectivity index (χ3v) is 6.47. The topological polar surface area (TPSA) is 73.7 Å². The molecule has 1 aromatic heterocycles. The van der Waals surface area contributed by atoms with Gasteiger partial charge in [-0.05, 0) is 31.2 Å².